The number of hydrogen-bond donors (Lipinski definition) is 1. The van der Waals surface area contributed by atoms with Gasteiger partial charge in [0.25, 0.3) is 0 Å². The van der Waals surface area contributed by atoms with Crippen molar-refractivity contribution in [3.8, 4) is 11.3 Å². The van der Waals surface area contributed by atoms with E-state index in [1.165, 1.54) is 13.2 Å². The third-order valence-corrected chi connectivity index (χ3v) is 3.83. The zero-order chi connectivity index (χ0) is 18.4. The molecule has 0 atom stereocenters. The van der Waals surface area contributed by atoms with Crippen LogP contribution in [-0.2, 0) is 10.9 Å². The van der Waals surface area contributed by atoms with E-state index < -0.39 is 17.7 Å². The van der Waals surface area contributed by atoms with E-state index in [9.17, 15) is 18.0 Å². The van der Waals surface area contributed by atoms with Crippen LogP contribution in [0, 0.1) is 6.92 Å². The first-order valence-corrected chi connectivity index (χ1v) is 7.12. The fraction of sp³-hybridized carbons (Fsp3) is 0.188. The molecular formula is C16H13F3N4O2. The summed E-state index contributed by atoms with van der Waals surface area (Å²) in [6, 6.07) is 5.62. The lowest BCUT2D eigenvalue weighted by Gasteiger charge is -2.07. The van der Waals surface area contributed by atoms with Crippen LogP contribution >= 0.6 is 0 Å². The summed E-state index contributed by atoms with van der Waals surface area (Å²) >= 11 is 0. The molecule has 0 amide bonds. The average molecular weight is 350 g/mol. The molecule has 2 aromatic heterocycles. The van der Waals surface area contributed by atoms with E-state index in [2.05, 4.69) is 10.1 Å². The summed E-state index contributed by atoms with van der Waals surface area (Å²) in [5, 5.41) is 3.88. The lowest BCUT2D eigenvalue weighted by Crippen LogP contribution is -2.07. The Morgan fingerprint density at radius 1 is 1.28 bits per heavy atom. The highest BCUT2D eigenvalue weighted by Gasteiger charge is 2.36. The highest BCUT2D eigenvalue weighted by atomic mass is 19.4. The fourth-order valence-corrected chi connectivity index (χ4v) is 2.60. The summed E-state index contributed by atoms with van der Waals surface area (Å²) in [5.74, 6) is -0.862. The molecule has 0 fully saturated rings. The molecule has 0 saturated carbocycles. The van der Waals surface area contributed by atoms with Crippen LogP contribution in [0.15, 0.2) is 30.6 Å². The summed E-state index contributed by atoms with van der Waals surface area (Å²) in [5.41, 5.74) is 5.76. The molecule has 0 bridgehead atoms. The van der Waals surface area contributed by atoms with E-state index in [4.69, 9.17) is 10.5 Å². The number of aromatic nitrogens is 3. The molecule has 25 heavy (non-hydrogen) atoms. The third-order valence-electron chi connectivity index (χ3n) is 3.83. The van der Waals surface area contributed by atoms with Gasteiger partial charge in [0.2, 0.25) is 0 Å². The van der Waals surface area contributed by atoms with Gasteiger partial charge in [-0.2, -0.15) is 18.3 Å². The normalized spacial score (nSPS) is 11.7. The van der Waals surface area contributed by atoms with Crippen LogP contribution in [0.4, 0.5) is 19.0 Å². The third kappa shape index (κ3) is 2.77. The first kappa shape index (κ1) is 16.7. The molecule has 3 rings (SSSR count). The van der Waals surface area contributed by atoms with Crippen molar-refractivity contribution in [2.45, 2.75) is 13.1 Å². The van der Waals surface area contributed by atoms with Gasteiger partial charge in [-0.15, -0.1) is 0 Å². The molecule has 0 aliphatic carbocycles. The number of nitrogens with two attached hydrogens (primary N) is 1. The minimum Gasteiger partial charge on any atom is -0.465 e. The molecule has 2 N–H and O–H groups in total. The van der Waals surface area contributed by atoms with Crippen LogP contribution in [0.2, 0.25) is 0 Å². The van der Waals surface area contributed by atoms with Crippen LogP contribution in [0.5, 0.6) is 0 Å². The van der Waals surface area contributed by atoms with E-state index >= 15 is 0 Å². The predicted octanol–water partition coefficient (Wildman–Crippen LogP) is 3.09. The number of aryl methyl sites for hydroxylation is 1. The number of hydrogen-bond acceptors (Lipinski definition) is 5. The van der Waals surface area contributed by atoms with E-state index in [1.807, 2.05) is 0 Å². The van der Waals surface area contributed by atoms with E-state index in [-0.39, 0.29) is 22.6 Å². The van der Waals surface area contributed by atoms with Crippen molar-refractivity contribution in [2.75, 3.05) is 12.8 Å². The van der Waals surface area contributed by atoms with Crippen molar-refractivity contribution in [3.63, 3.8) is 0 Å². The average Bonchev–Trinajstić information content (AvgIpc) is 2.96. The van der Waals surface area contributed by atoms with Crippen LogP contribution in [0.25, 0.3) is 16.8 Å². The first-order valence-electron chi connectivity index (χ1n) is 7.12. The summed E-state index contributed by atoms with van der Waals surface area (Å²) in [4.78, 5) is 15.5. The number of alkyl halides is 3. The maximum atomic E-state index is 13.4. The summed E-state index contributed by atoms with van der Waals surface area (Å²) in [6.07, 6.45) is -3.56. The molecule has 0 saturated heterocycles. The number of halogens is 3. The quantitative estimate of drug-likeness (QED) is 0.718. The summed E-state index contributed by atoms with van der Waals surface area (Å²) < 4.78 is 45.8. The number of benzene rings is 1. The number of carbonyl (C=O) groups excluding carboxylic acids is 1. The maximum absolute atomic E-state index is 13.4. The second-order valence-corrected chi connectivity index (χ2v) is 5.37. The van der Waals surface area contributed by atoms with Crippen molar-refractivity contribution in [1.82, 2.24) is 14.6 Å². The van der Waals surface area contributed by atoms with E-state index in [1.54, 1.807) is 19.1 Å². The molecule has 0 aliphatic heterocycles. The molecular weight excluding hydrogens is 337 g/mol. The Labute approximate surface area is 140 Å². The number of methoxy groups -OCH3 is 1. The maximum Gasteiger partial charge on any atom is 0.418 e. The molecule has 6 nitrogen and oxygen atoms in total. The van der Waals surface area contributed by atoms with Crippen molar-refractivity contribution in [2.24, 2.45) is 0 Å². The highest BCUT2D eigenvalue weighted by Crippen LogP contribution is 2.38. The number of nitrogens with zero attached hydrogens (tertiary/aromatic N) is 3. The lowest BCUT2D eigenvalue weighted by atomic mass is 10.0. The van der Waals surface area contributed by atoms with E-state index in [0.29, 0.717) is 11.1 Å². The molecule has 2 heterocycles. The van der Waals surface area contributed by atoms with Gasteiger partial charge < -0.3 is 10.5 Å². The van der Waals surface area contributed by atoms with Gasteiger partial charge in [0.1, 0.15) is 11.8 Å². The molecule has 9 heteroatoms. The molecule has 130 valence electrons. The largest absolute Gasteiger partial charge is 0.465 e. The minimum atomic E-state index is -4.63. The molecule has 0 radical (unpaired) electrons. The van der Waals surface area contributed by atoms with Crippen molar-refractivity contribution < 1.29 is 22.7 Å². The monoisotopic (exact) mass is 350 g/mol. The Hall–Kier alpha value is -3.10. The minimum absolute atomic E-state index is 0.140. The number of rotatable bonds is 2. The summed E-state index contributed by atoms with van der Waals surface area (Å²) in [7, 11) is 1.23. The SMILES string of the molecule is COC(=O)c1cc(-c2cc(C(F)(F)F)c3c(N)ncnn23)ccc1C. The molecule has 0 spiro atoms. The highest BCUT2D eigenvalue weighted by molar-refractivity contribution is 5.92. The number of carbonyl (C=O) groups is 1. The smallest absolute Gasteiger partial charge is 0.418 e. The molecule has 0 aliphatic rings. The topological polar surface area (TPSA) is 82.5 Å². The van der Waals surface area contributed by atoms with Gasteiger partial charge in [0.15, 0.2) is 5.82 Å². The van der Waals surface area contributed by atoms with Crippen molar-refractivity contribution in [3.05, 3.63) is 47.3 Å². The van der Waals surface area contributed by atoms with Gasteiger partial charge in [-0.25, -0.2) is 14.3 Å². The van der Waals surface area contributed by atoms with Crippen LogP contribution in [0.3, 0.4) is 0 Å². The van der Waals surface area contributed by atoms with Crippen molar-refractivity contribution >= 4 is 17.3 Å². The standard InChI is InChI=1S/C16H13F3N4O2/c1-8-3-4-9(5-10(8)15(24)25-2)12-6-11(16(17,18)19)13-14(20)21-7-22-23(12)13/h3-7H,1-2H3,(H2,20,21,22). The van der Waals surface area contributed by atoms with Crippen LogP contribution in [0.1, 0.15) is 21.5 Å². The number of anilines is 1. The van der Waals surface area contributed by atoms with Gasteiger partial charge in [0, 0.05) is 5.56 Å². The van der Waals surface area contributed by atoms with Crippen LogP contribution < -0.4 is 5.73 Å². The summed E-state index contributed by atoms with van der Waals surface area (Å²) in [6.45, 7) is 1.70. The molecule has 1 aromatic carbocycles. The zero-order valence-corrected chi connectivity index (χ0v) is 13.3. The Kier molecular flexibility index (Phi) is 3.86. The Morgan fingerprint density at radius 2 is 2.00 bits per heavy atom. The van der Waals surface area contributed by atoms with Gasteiger partial charge in [0.05, 0.1) is 23.9 Å². The van der Waals surface area contributed by atoms with Gasteiger partial charge in [-0.05, 0) is 24.6 Å². The fourth-order valence-electron chi connectivity index (χ4n) is 2.60. The van der Waals surface area contributed by atoms with E-state index in [0.717, 1.165) is 16.9 Å². The Bertz CT molecular complexity index is 979. The van der Waals surface area contributed by atoms with Gasteiger partial charge in [-0.3, -0.25) is 0 Å². The zero-order valence-electron chi connectivity index (χ0n) is 13.3. The number of ether oxygens (including phenoxy) is 1. The number of esters is 1. The second-order valence-electron chi connectivity index (χ2n) is 5.37. The lowest BCUT2D eigenvalue weighted by molar-refractivity contribution is -0.136. The molecule has 0 unspecified atom stereocenters. The van der Waals surface area contributed by atoms with Gasteiger partial charge >= 0.3 is 12.1 Å². The van der Waals surface area contributed by atoms with Crippen molar-refractivity contribution in [1.29, 1.82) is 0 Å². The second kappa shape index (κ2) is 5.76. The molecule has 3 aromatic rings. The van der Waals surface area contributed by atoms with Crippen LogP contribution in [-0.4, -0.2) is 27.7 Å². The predicted molar refractivity (Wildman–Crippen MR) is 83.9 cm³/mol. The Morgan fingerprint density at radius 3 is 2.64 bits per heavy atom. The number of nitrogen functional groups attached to an aromatic ring is 1. The van der Waals surface area contributed by atoms with Gasteiger partial charge in [-0.1, -0.05) is 12.1 Å². The Balaban J connectivity index is 2.31. The number of fused-ring (bicyclic) bond motifs is 1. The first-order chi connectivity index (χ1) is 11.7.